The van der Waals surface area contributed by atoms with Gasteiger partial charge in [-0.05, 0) is 68.5 Å². The highest BCUT2D eigenvalue weighted by Crippen LogP contribution is 2.25. The van der Waals surface area contributed by atoms with Gasteiger partial charge in [0, 0.05) is 53.7 Å². The number of hydrogen-bond acceptors (Lipinski definition) is 6. The zero-order chi connectivity index (χ0) is 26.4. The first-order chi connectivity index (χ1) is 17.9. The standard InChI is InChI=1S/C28H36N6O3/c1-2-37-27(31)20-6-5-19-15-25(28(36)33-23-11-7-21(30)8-12-23)34(24(19)16-20)17-18-3-9-22(10-4-18)32-26(35)13-14-29/h3-6,9-10,15-16,21,23,31H,2,7-8,11-14,17,29-30H2,1H3,(H,32,35)(H,33,36)/t21-,23-. The molecule has 0 unspecified atom stereocenters. The molecule has 2 aromatic carbocycles. The first-order valence-electron chi connectivity index (χ1n) is 12.9. The van der Waals surface area contributed by atoms with Gasteiger partial charge in [0.1, 0.15) is 5.69 Å². The number of amides is 2. The number of anilines is 1. The van der Waals surface area contributed by atoms with Crippen LogP contribution < -0.4 is 22.1 Å². The monoisotopic (exact) mass is 504 g/mol. The molecule has 0 radical (unpaired) electrons. The fourth-order valence-electron chi connectivity index (χ4n) is 4.74. The Bertz CT molecular complexity index is 1260. The van der Waals surface area contributed by atoms with Crippen molar-refractivity contribution in [1.82, 2.24) is 9.88 Å². The largest absolute Gasteiger partial charge is 0.478 e. The second-order valence-electron chi connectivity index (χ2n) is 9.52. The molecule has 1 aliphatic rings. The van der Waals surface area contributed by atoms with E-state index in [4.69, 9.17) is 21.6 Å². The van der Waals surface area contributed by atoms with Gasteiger partial charge in [0.15, 0.2) is 0 Å². The average molecular weight is 505 g/mol. The molecule has 0 atom stereocenters. The Morgan fingerprint density at radius 2 is 1.81 bits per heavy atom. The van der Waals surface area contributed by atoms with Gasteiger partial charge in [-0.1, -0.05) is 18.2 Å². The molecule has 0 bridgehead atoms. The molecule has 1 aromatic heterocycles. The number of benzene rings is 2. The van der Waals surface area contributed by atoms with E-state index in [2.05, 4.69) is 10.6 Å². The summed E-state index contributed by atoms with van der Waals surface area (Å²) in [4.78, 5) is 25.3. The van der Waals surface area contributed by atoms with E-state index in [-0.39, 0.29) is 36.2 Å². The van der Waals surface area contributed by atoms with Gasteiger partial charge in [0.2, 0.25) is 11.8 Å². The molecule has 0 spiro atoms. The van der Waals surface area contributed by atoms with E-state index in [1.165, 1.54) is 0 Å². The fraction of sp³-hybridized carbons (Fsp3) is 0.393. The van der Waals surface area contributed by atoms with Crippen molar-refractivity contribution in [3.8, 4) is 0 Å². The molecule has 1 fully saturated rings. The maximum Gasteiger partial charge on any atom is 0.268 e. The van der Waals surface area contributed by atoms with E-state index in [1.807, 2.05) is 60.0 Å². The van der Waals surface area contributed by atoms with Gasteiger partial charge in [-0.15, -0.1) is 0 Å². The van der Waals surface area contributed by atoms with Gasteiger partial charge in [-0.25, -0.2) is 0 Å². The van der Waals surface area contributed by atoms with Crippen LogP contribution in [-0.4, -0.2) is 47.5 Å². The molecule has 0 aliphatic heterocycles. The molecule has 9 heteroatoms. The molecule has 7 N–H and O–H groups in total. The maximum atomic E-state index is 13.4. The number of carbonyl (C=O) groups excluding carboxylic acids is 2. The summed E-state index contributed by atoms with van der Waals surface area (Å²) in [6.45, 7) is 3.00. The van der Waals surface area contributed by atoms with E-state index in [9.17, 15) is 9.59 Å². The Kier molecular flexibility index (Phi) is 8.58. The van der Waals surface area contributed by atoms with Gasteiger partial charge < -0.3 is 31.4 Å². The summed E-state index contributed by atoms with van der Waals surface area (Å²) in [5.41, 5.74) is 15.2. The van der Waals surface area contributed by atoms with Crippen molar-refractivity contribution >= 4 is 34.3 Å². The van der Waals surface area contributed by atoms with Crippen molar-refractivity contribution in [3.05, 3.63) is 65.4 Å². The van der Waals surface area contributed by atoms with E-state index < -0.39 is 0 Å². The third-order valence-electron chi connectivity index (χ3n) is 6.74. The lowest BCUT2D eigenvalue weighted by molar-refractivity contribution is -0.116. The molecule has 2 amide bonds. The number of hydrogen-bond donors (Lipinski definition) is 5. The van der Waals surface area contributed by atoms with E-state index in [0.717, 1.165) is 42.1 Å². The van der Waals surface area contributed by atoms with Crippen LogP contribution in [0.2, 0.25) is 0 Å². The number of ether oxygens (including phenoxy) is 1. The number of aromatic nitrogens is 1. The van der Waals surface area contributed by atoms with Crippen LogP contribution in [0.4, 0.5) is 5.69 Å². The number of fused-ring (bicyclic) bond motifs is 1. The van der Waals surface area contributed by atoms with Crippen molar-refractivity contribution in [2.24, 2.45) is 11.5 Å². The number of nitrogens with zero attached hydrogens (tertiary/aromatic N) is 1. The molecule has 196 valence electrons. The average Bonchev–Trinajstić information content (AvgIpc) is 3.24. The Labute approximate surface area is 217 Å². The Hall–Kier alpha value is -3.69. The molecule has 0 saturated heterocycles. The predicted octanol–water partition coefficient (Wildman–Crippen LogP) is 3.34. The van der Waals surface area contributed by atoms with Crippen molar-refractivity contribution in [2.45, 2.75) is 57.7 Å². The third-order valence-corrected chi connectivity index (χ3v) is 6.74. The summed E-state index contributed by atoms with van der Waals surface area (Å²) in [5, 5.41) is 15.2. The molecule has 1 heterocycles. The highest BCUT2D eigenvalue weighted by molar-refractivity contribution is 6.01. The second-order valence-corrected chi connectivity index (χ2v) is 9.52. The lowest BCUT2D eigenvalue weighted by atomic mass is 9.92. The summed E-state index contributed by atoms with van der Waals surface area (Å²) in [7, 11) is 0. The predicted molar refractivity (Wildman–Crippen MR) is 146 cm³/mol. The lowest BCUT2D eigenvalue weighted by Crippen LogP contribution is -2.41. The van der Waals surface area contributed by atoms with Crippen LogP contribution in [0.25, 0.3) is 10.9 Å². The van der Waals surface area contributed by atoms with Crippen LogP contribution >= 0.6 is 0 Å². The summed E-state index contributed by atoms with van der Waals surface area (Å²) >= 11 is 0. The highest BCUT2D eigenvalue weighted by Gasteiger charge is 2.23. The van der Waals surface area contributed by atoms with Crippen molar-refractivity contribution in [3.63, 3.8) is 0 Å². The molecule has 1 aliphatic carbocycles. The van der Waals surface area contributed by atoms with Crippen LogP contribution in [0.15, 0.2) is 48.5 Å². The topological polar surface area (TPSA) is 148 Å². The van der Waals surface area contributed by atoms with Crippen LogP contribution in [0.1, 0.15) is 60.6 Å². The summed E-state index contributed by atoms with van der Waals surface area (Å²) in [6.07, 6.45) is 3.83. The van der Waals surface area contributed by atoms with Gasteiger partial charge in [-0.2, -0.15) is 0 Å². The summed E-state index contributed by atoms with van der Waals surface area (Å²) < 4.78 is 7.38. The molecule has 37 heavy (non-hydrogen) atoms. The van der Waals surface area contributed by atoms with Crippen LogP contribution in [0.3, 0.4) is 0 Å². The van der Waals surface area contributed by atoms with Crippen molar-refractivity contribution in [2.75, 3.05) is 18.5 Å². The normalized spacial score (nSPS) is 17.4. The van der Waals surface area contributed by atoms with Crippen LogP contribution in [0, 0.1) is 5.41 Å². The zero-order valence-electron chi connectivity index (χ0n) is 21.3. The first kappa shape index (κ1) is 26.4. The number of nitrogens with two attached hydrogens (primary N) is 2. The molecule has 3 aromatic rings. The Morgan fingerprint density at radius 3 is 2.49 bits per heavy atom. The third kappa shape index (κ3) is 6.55. The quantitative estimate of drug-likeness (QED) is 0.224. The Balaban J connectivity index is 1.64. The molecular weight excluding hydrogens is 468 g/mol. The molecule has 4 rings (SSSR count). The Morgan fingerprint density at radius 1 is 1.08 bits per heavy atom. The van der Waals surface area contributed by atoms with E-state index in [0.29, 0.717) is 36.6 Å². The van der Waals surface area contributed by atoms with E-state index in [1.54, 1.807) is 0 Å². The summed E-state index contributed by atoms with van der Waals surface area (Å²) in [5.74, 6) is -0.151. The minimum Gasteiger partial charge on any atom is -0.478 e. The maximum absolute atomic E-state index is 13.4. The molecular formula is C28H36N6O3. The highest BCUT2D eigenvalue weighted by atomic mass is 16.5. The minimum atomic E-state index is -0.126. The van der Waals surface area contributed by atoms with Gasteiger partial charge in [0.05, 0.1) is 6.61 Å². The minimum absolute atomic E-state index is 0.0965. The number of nitrogens with one attached hydrogen (secondary N) is 3. The van der Waals surface area contributed by atoms with E-state index >= 15 is 0 Å². The van der Waals surface area contributed by atoms with Crippen LogP contribution in [-0.2, 0) is 16.1 Å². The van der Waals surface area contributed by atoms with Gasteiger partial charge in [0.25, 0.3) is 5.91 Å². The first-order valence-corrected chi connectivity index (χ1v) is 12.9. The smallest absolute Gasteiger partial charge is 0.268 e. The summed E-state index contributed by atoms with van der Waals surface area (Å²) in [6, 6.07) is 15.4. The van der Waals surface area contributed by atoms with Crippen molar-refractivity contribution in [1.29, 1.82) is 5.41 Å². The lowest BCUT2D eigenvalue weighted by Gasteiger charge is -2.27. The second kappa shape index (κ2) is 12.0. The zero-order valence-corrected chi connectivity index (χ0v) is 21.3. The fourth-order valence-corrected chi connectivity index (χ4v) is 4.74. The SMILES string of the molecule is CCOC(=N)c1ccc2cc(C(=O)N[C@H]3CC[C@H](N)CC3)n(Cc3ccc(NC(=O)CCN)cc3)c2c1. The van der Waals surface area contributed by atoms with Crippen LogP contribution in [0.5, 0.6) is 0 Å². The van der Waals surface area contributed by atoms with Crippen molar-refractivity contribution < 1.29 is 14.3 Å². The molecule has 9 nitrogen and oxygen atoms in total. The van der Waals surface area contributed by atoms with Gasteiger partial charge >= 0.3 is 0 Å². The molecule has 1 saturated carbocycles. The number of carbonyl (C=O) groups is 2. The van der Waals surface area contributed by atoms with Gasteiger partial charge in [-0.3, -0.25) is 15.0 Å². The number of rotatable bonds is 9.